The highest BCUT2D eigenvalue weighted by Crippen LogP contribution is 2.22. The van der Waals surface area contributed by atoms with Gasteiger partial charge < -0.3 is 9.47 Å². The quantitative estimate of drug-likeness (QED) is 0.551. The lowest BCUT2D eigenvalue weighted by Gasteiger charge is -2.42. The molecule has 0 amide bonds. The predicted octanol–water partition coefficient (Wildman–Crippen LogP) is -1.85. The van der Waals surface area contributed by atoms with Crippen LogP contribution in [0.15, 0.2) is 0 Å². The third kappa shape index (κ3) is 4.00. The van der Waals surface area contributed by atoms with Gasteiger partial charge in [-0.1, -0.05) is 0 Å². The maximum atomic E-state index is 12.8. The topological polar surface area (TPSA) is 99.7 Å². The summed E-state index contributed by atoms with van der Waals surface area (Å²) in [5, 5.41) is 0. The average molecular weight is 399 g/mol. The predicted molar refractivity (Wildman–Crippen MR) is 90.4 cm³/mol. The molecule has 12 heteroatoms. The Bertz CT molecular complexity index is 658. The highest BCUT2D eigenvalue weighted by Gasteiger charge is 2.41. The first-order chi connectivity index (χ1) is 11.8. The van der Waals surface area contributed by atoms with E-state index in [0.29, 0.717) is 52.6 Å². The molecule has 3 rings (SSSR count). The molecule has 0 spiro atoms. The Morgan fingerprint density at radius 2 is 1.16 bits per heavy atom. The lowest BCUT2D eigenvalue weighted by Crippen LogP contribution is -2.61. The van der Waals surface area contributed by atoms with Crippen LogP contribution in [-0.2, 0) is 29.9 Å². The van der Waals surface area contributed by atoms with Crippen LogP contribution < -0.4 is 0 Å². The molecule has 0 aliphatic carbocycles. The van der Waals surface area contributed by atoms with Crippen molar-refractivity contribution in [3.63, 3.8) is 0 Å². The van der Waals surface area contributed by atoms with E-state index in [4.69, 9.17) is 9.47 Å². The molecule has 3 aliphatic heterocycles. The van der Waals surface area contributed by atoms with Gasteiger partial charge in [-0.25, -0.2) is 0 Å². The van der Waals surface area contributed by atoms with E-state index in [1.807, 2.05) is 0 Å². The maximum Gasteiger partial charge on any atom is 0.282 e. The fourth-order valence-electron chi connectivity index (χ4n) is 3.33. The van der Waals surface area contributed by atoms with Crippen LogP contribution in [0, 0.1) is 0 Å². The van der Waals surface area contributed by atoms with Gasteiger partial charge in [0.2, 0.25) is 0 Å². The van der Waals surface area contributed by atoms with Crippen LogP contribution >= 0.6 is 0 Å². The van der Waals surface area contributed by atoms with E-state index >= 15 is 0 Å². The van der Waals surface area contributed by atoms with Gasteiger partial charge in [0.1, 0.15) is 0 Å². The second kappa shape index (κ2) is 7.72. The molecule has 0 saturated carbocycles. The van der Waals surface area contributed by atoms with Gasteiger partial charge in [0.05, 0.1) is 26.4 Å². The van der Waals surface area contributed by atoms with E-state index < -0.39 is 26.5 Å². The zero-order chi connectivity index (χ0) is 18.1. The van der Waals surface area contributed by atoms with Gasteiger partial charge in [-0.3, -0.25) is 0 Å². The Labute approximate surface area is 149 Å². The Balaban J connectivity index is 1.67. The standard InChI is InChI=1S/C13H26N4O6S2/c1-13-12-16(24(18,19)14-4-8-22-9-5-14)2-3-17(13)25(20,21)15-6-10-23-11-7-15/h13H,2-12H2,1H3/t13-/m0/s1. The summed E-state index contributed by atoms with van der Waals surface area (Å²) in [6.07, 6.45) is 0. The molecule has 0 radical (unpaired) electrons. The van der Waals surface area contributed by atoms with Crippen molar-refractivity contribution in [3.8, 4) is 0 Å². The summed E-state index contributed by atoms with van der Waals surface area (Å²) in [7, 11) is -7.18. The second-order valence-corrected chi connectivity index (χ2v) is 10.2. The molecule has 0 unspecified atom stereocenters. The van der Waals surface area contributed by atoms with Gasteiger partial charge in [-0.2, -0.15) is 34.1 Å². The second-order valence-electron chi connectivity index (χ2n) is 6.36. The first kappa shape index (κ1) is 19.4. The summed E-state index contributed by atoms with van der Waals surface area (Å²) in [4.78, 5) is 0. The van der Waals surface area contributed by atoms with Gasteiger partial charge in [-0.05, 0) is 6.92 Å². The minimum atomic E-state index is -3.60. The van der Waals surface area contributed by atoms with Crippen molar-refractivity contribution >= 4 is 20.4 Å². The molecular weight excluding hydrogens is 372 g/mol. The molecule has 25 heavy (non-hydrogen) atoms. The Morgan fingerprint density at radius 3 is 1.64 bits per heavy atom. The summed E-state index contributed by atoms with van der Waals surface area (Å²) in [6.45, 7) is 5.12. The number of ether oxygens (including phenoxy) is 2. The van der Waals surface area contributed by atoms with E-state index in [-0.39, 0.29) is 19.6 Å². The molecule has 3 fully saturated rings. The third-order valence-corrected chi connectivity index (χ3v) is 8.90. The third-order valence-electron chi connectivity index (χ3n) is 4.74. The molecular formula is C13H26N4O6S2. The molecule has 146 valence electrons. The van der Waals surface area contributed by atoms with Crippen molar-refractivity contribution in [2.75, 3.05) is 72.2 Å². The largest absolute Gasteiger partial charge is 0.379 e. The van der Waals surface area contributed by atoms with Crippen molar-refractivity contribution < 1.29 is 26.3 Å². The summed E-state index contributed by atoms with van der Waals surface area (Å²) in [5.41, 5.74) is 0. The van der Waals surface area contributed by atoms with Gasteiger partial charge >= 0.3 is 0 Å². The smallest absolute Gasteiger partial charge is 0.282 e. The van der Waals surface area contributed by atoms with Gasteiger partial charge in [0, 0.05) is 51.9 Å². The number of hydrogen-bond donors (Lipinski definition) is 0. The maximum absolute atomic E-state index is 12.8. The van der Waals surface area contributed by atoms with Crippen molar-refractivity contribution in [2.45, 2.75) is 13.0 Å². The SMILES string of the molecule is C[C@H]1CN(S(=O)(=O)N2CCOCC2)CCN1S(=O)(=O)N1CCOCC1. The first-order valence-corrected chi connectivity index (χ1v) is 11.3. The van der Waals surface area contributed by atoms with Crippen molar-refractivity contribution in [2.24, 2.45) is 0 Å². The van der Waals surface area contributed by atoms with Gasteiger partial charge in [0.25, 0.3) is 20.4 Å². The summed E-state index contributed by atoms with van der Waals surface area (Å²) in [6, 6.07) is -0.419. The molecule has 3 aliphatic rings. The van der Waals surface area contributed by atoms with E-state index in [9.17, 15) is 16.8 Å². The molecule has 0 aromatic heterocycles. The van der Waals surface area contributed by atoms with Crippen LogP contribution in [0.25, 0.3) is 0 Å². The minimum Gasteiger partial charge on any atom is -0.379 e. The molecule has 0 N–H and O–H groups in total. The molecule has 3 heterocycles. The fourth-order valence-corrected chi connectivity index (χ4v) is 6.72. The van der Waals surface area contributed by atoms with Gasteiger partial charge in [-0.15, -0.1) is 0 Å². The number of nitrogens with zero attached hydrogens (tertiary/aromatic N) is 4. The van der Waals surface area contributed by atoms with Crippen molar-refractivity contribution in [1.82, 2.24) is 17.2 Å². The van der Waals surface area contributed by atoms with E-state index in [2.05, 4.69) is 0 Å². The number of piperazine rings is 1. The Hall–Kier alpha value is -0.340. The number of morpholine rings is 2. The van der Waals surface area contributed by atoms with Crippen LogP contribution in [0.2, 0.25) is 0 Å². The zero-order valence-electron chi connectivity index (χ0n) is 14.4. The summed E-state index contributed by atoms with van der Waals surface area (Å²) < 4.78 is 67.1. The van der Waals surface area contributed by atoms with E-state index in [1.54, 1.807) is 6.92 Å². The monoisotopic (exact) mass is 398 g/mol. The van der Waals surface area contributed by atoms with Crippen LogP contribution in [0.3, 0.4) is 0 Å². The van der Waals surface area contributed by atoms with Crippen LogP contribution in [0.4, 0.5) is 0 Å². The lowest BCUT2D eigenvalue weighted by atomic mass is 10.3. The van der Waals surface area contributed by atoms with E-state index in [0.717, 1.165) is 0 Å². The molecule has 0 aromatic rings. The van der Waals surface area contributed by atoms with Gasteiger partial charge in [0.15, 0.2) is 0 Å². The number of rotatable bonds is 4. The molecule has 0 aromatic carbocycles. The van der Waals surface area contributed by atoms with Crippen LogP contribution in [-0.4, -0.2) is 112 Å². The molecule has 10 nitrogen and oxygen atoms in total. The lowest BCUT2D eigenvalue weighted by molar-refractivity contribution is 0.0650. The first-order valence-electron chi connectivity index (χ1n) is 8.51. The van der Waals surface area contributed by atoms with Crippen molar-refractivity contribution in [1.29, 1.82) is 0 Å². The fraction of sp³-hybridized carbons (Fsp3) is 1.00. The normalized spacial score (nSPS) is 29.7. The van der Waals surface area contributed by atoms with Crippen molar-refractivity contribution in [3.05, 3.63) is 0 Å². The summed E-state index contributed by atoms with van der Waals surface area (Å²) >= 11 is 0. The highest BCUT2D eigenvalue weighted by molar-refractivity contribution is 7.87. The molecule has 0 bridgehead atoms. The average Bonchev–Trinajstić information content (AvgIpc) is 2.63. The number of hydrogen-bond acceptors (Lipinski definition) is 6. The van der Waals surface area contributed by atoms with Crippen LogP contribution in [0.5, 0.6) is 0 Å². The minimum absolute atomic E-state index is 0.156. The van der Waals surface area contributed by atoms with E-state index in [1.165, 1.54) is 17.2 Å². The molecule has 1 atom stereocenters. The zero-order valence-corrected chi connectivity index (χ0v) is 16.0. The van der Waals surface area contributed by atoms with Crippen LogP contribution in [0.1, 0.15) is 6.92 Å². The summed E-state index contributed by atoms with van der Waals surface area (Å²) in [5.74, 6) is 0. The Kier molecular flexibility index (Phi) is 6.00. The Morgan fingerprint density at radius 1 is 0.680 bits per heavy atom. The highest BCUT2D eigenvalue weighted by atomic mass is 32.2. The molecule has 3 saturated heterocycles.